The summed E-state index contributed by atoms with van der Waals surface area (Å²) in [5.74, 6) is -0.237. The number of benzene rings is 1. The van der Waals surface area contributed by atoms with E-state index in [0.29, 0.717) is 6.54 Å². The molecule has 0 saturated carbocycles. The van der Waals surface area contributed by atoms with Crippen LogP contribution in [0.25, 0.3) is 0 Å². The molecule has 23 heavy (non-hydrogen) atoms. The fraction of sp³-hybridized carbons (Fsp3) is 0.294. The summed E-state index contributed by atoms with van der Waals surface area (Å²) in [5.41, 5.74) is 2.07. The Morgan fingerprint density at radius 1 is 1.17 bits per heavy atom. The number of nitrogens with one attached hydrogen (secondary N) is 2. The average Bonchev–Trinajstić information content (AvgIpc) is 2.90. The van der Waals surface area contributed by atoms with E-state index in [1.165, 1.54) is 6.92 Å². The Kier molecular flexibility index (Phi) is 6.36. The number of rotatable bonds is 6. The van der Waals surface area contributed by atoms with Crippen molar-refractivity contribution in [2.45, 2.75) is 32.9 Å². The first-order valence-electron chi connectivity index (χ1n) is 7.28. The van der Waals surface area contributed by atoms with Crippen LogP contribution in [0, 0.1) is 6.92 Å². The third-order valence-corrected chi connectivity index (χ3v) is 4.96. The molecule has 0 saturated heterocycles. The van der Waals surface area contributed by atoms with Crippen LogP contribution in [0.15, 0.2) is 40.2 Å². The van der Waals surface area contributed by atoms with Crippen molar-refractivity contribution in [2.24, 2.45) is 0 Å². The summed E-state index contributed by atoms with van der Waals surface area (Å²) in [4.78, 5) is 24.7. The molecule has 1 aromatic carbocycles. The number of halogens is 1. The Morgan fingerprint density at radius 3 is 2.43 bits per heavy atom. The standard InChI is InChI=1S/C17H19BrN2O2S/c1-11-3-5-13(6-4-11)15(20-12(2)21)9-17(22)19-10-14-7-8-16(18)23-14/h3-8,15H,9-10H2,1-2H3,(H,19,22)(H,20,21). The zero-order chi connectivity index (χ0) is 16.8. The van der Waals surface area contributed by atoms with E-state index in [1.54, 1.807) is 11.3 Å². The fourth-order valence-electron chi connectivity index (χ4n) is 2.19. The van der Waals surface area contributed by atoms with Crippen molar-refractivity contribution >= 4 is 39.1 Å². The van der Waals surface area contributed by atoms with Crippen molar-refractivity contribution < 1.29 is 9.59 Å². The van der Waals surface area contributed by atoms with Gasteiger partial charge in [-0.15, -0.1) is 11.3 Å². The van der Waals surface area contributed by atoms with E-state index in [-0.39, 0.29) is 24.3 Å². The quantitative estimate of drug-likeness (QED) is 0.784. The molecule has 1 atom stereocenters. The van der Waals surface area contributed by atoms with E-state index in [1.807, 2.05) is 43.3 Å². The molecule has 2 N–H and O–H groups in total. The van der Waals surface area contributed by atoms with Crippen molar-refractivity contribution in [3.05, 3.63) is 56.2 Å². The minimum Gasteiger partial charge on any atom is -0.351 e. The summed E-state index contributed by atoms with van der Waals surface area (Å²) in [7, 11) is 0. The van der Waals surface area contributed by atoms with Crippen LogP contribution < -0.4 is 10.6 Å². The van der Waals surface area contributed by atoms with Crippen molar-refractivity contribution in [1.82, 2.24) is 10.6 Å². The van der Waals surface area contributed by atoms with Gasteiger partial charge in [0.1, 0.15) is 0 Å². The van der Waals surface area contributed by atoms with Crippen LogP contribution in [-0.2, 0) is 16.1 Å². The van der Waals surface area contributed by atoms with Crippen molar-refractivity contribution in [3.63, 3.8) is 0 Å². The van der Waals surface area contributed by atoms with Crippen LogP contribution in [0.5, 0.6) is 0 Å². The van der Waals surface area contributed by atoms with E-state index in [2.05, 4.69) is 26.6 Å². The molecule has 1 unspecified atom stereocenters. The molecule has 122 valence electrons. The van der Waals surface area contributed by atoms with Gasteiger partial charge in [-0.25, -0.2) is 0 Å². The Morgan fingerprint density at radius 2 is 1.87 bits per heavy atom. The molecule has 0 fully saturated rings. The van der Waals surface area contributed by atoms with E-state index in [9.17, 15) is 9.59 Å². The second kappa shape index (κ2) is 8.26. The third-order valence-electron chi connectivity index (χ3n) is 3.34. The molecule has 0 radical (unpaired) electrons. The number of thiophene rings is 1. The first kappa shape index (κ1) is 17.7. The fourth-order valence-corrected chi connectivity index (χ4v) is 3.61. The maximum Gasteiger partial charge on any atom is 0.222 e. The Hall–Kier alpha value is -1.66. The van der Waals surface area contributed by atoms with Crippen LogP contribution in [0.1, 0.15) is 35.4 Å². The largest absolute Gasteiger partial charge is 0.351 e. The molecule has 2 aromatic rings. The molecule has 0 spiro atoms. The van der Waals surface area contributed by atoms with Gasteiger partial charge < -0.3 is 10.6 Å². The molecule has 4 nitrogen and oxygen atoms in total. The lowest BCUT2D eigenvalue weighted by Gasteiger charge is -2.18. The number of carbonyl (C=O) groups excluding carboxylic acids is 2. The first-order valence-corrected chi connectivity index (χ1v) is 8.89. The van der Waals surface area contributed by atoms with E-state index >= 15 is 0 Å². The van der Waals surface area contributed by atoms with Crippen molar-refractivity contribution in [3.8, 4) is 0 Å². The third kappa shape index (κ3) is 5.80. The summed E-state index contributed by atoms with van der Waals surface area (Å²) in [6, 6.07) is 11.5. The van der Waals surface area contributed by atoms with Gasteiger partial charge in [-0.2, -0.15) is 0 Å². The molecule has 0 bridgehead atoms. The topological polar surface area (TPSA) is 58.2 Å². The number of hydrogen-bond donors (Lipinski definition) is 2. The molecule has 0 aliphatic rings. The predicted octanol–water partition coefficient (Wildman–Crippen LogP) is 3.70. The number of carbonyl (C=O) groups is 2. The lowest BCUT2D eigenvalue weighted by Crippen LogP contribution is -2.32. The van der Waals surface area contributed by atoms with Gasteiger partial charge >= 0.3 is 0 Å². The normalized spacial score (nSPS) is 11.8. The van der Waals surface area contributed by atoms with Crippen LogP contribution in [-0.4, -0.2) is 11.8 Å². The summed E-state index contributed by atoms with van der Waals surface area (Å²) >= 11 is 4.99. The average molecular weight is 395 g/mol. The maximum atomic E-state index is 12.2. The lowest BCUT2D eigenvalue weighted by molar-refractivity contribution is -0.122. The highest BCUT2D eigenvalue weighted by Gasteiger charge is 2.17. The first-order chi connectivity index (χ1) is 10.9. The molecule has 0 aliphatic heterocycles. The highest BCUT2D eigenvalue weighted by molar-refractivity contribution is 9.11. The highest BCUT2D eigenvalue weighted by Crippen LogP contribution is 2.22. The van der Waals surface area contributed by atoms with Gasteiger partial charge in [0.2, 0.25) is 11.8 Å². The highest BCUT2D eigenvalue weighted by atomic mass is 79.9. The zero-order valence-electron chi connectivity index (χ0n) is 13.1. The number of hydrogen-bond acceptors (Lipinski definition) is 3. The van der Waals surface area contributed by atoms with Gasteiger partial charge in [0.15, 0.2) is 0 Å². The molecule has 2 rings (SSSR count). The van der Waals surface area contributed by atoms with Crippen molar-refractivity contribution in [1.29, 1.82) is 0 Å². The van der Waals surface area contributed by atoms with Crippen LogP contribution in [0.4, 0.5) is 0 Å². The SMILES string of the molecule is CC(=O)NC(CC(=O)NCc1ccc(Br)s1)c1ccc(C)cc1. The molecule has 1 heterocycles. The van der Waals surface area contributed by atoms with Crippen LogP contribution in [0.3, 0.4) is 0 Å². The summed E-state index contributed by atoms with van der Waals surface area (Å²) in [6.45, 7) is 3.96. The molecule has 1 aromatic heterocycles. The smallest absolute Gasteiger partial charge is 0.222 e. The van der Waals surface area contributed by atoms with Crippen molar-refractivity contribution in [2.75, 3.05) is 0 Å². The monoisotopic (exact) mass is 394 g/mol. The van der Waals surface area contributed by atoms with E-state index < -0.39 is 0 Å². The van der Waals surface area contributed by atoms with Gasteiger partial charge in [0.05, 0.1) is 22.8 Å². The molecule has 2 amide bonds. The minimum atomic E-state index is -0.317. The number of aryl methyl sites for hydroxylation is 1. The zero-order valence-corrected chi connectivity index (χ0v) is 15.5. The summed E-state index contributed by atoms with van der Waals surface area (Å²) in [6.07, 6.45) is 0.217. The summed E-state index contributed by atoms with van der Waals surface area (Å²) in [5, 5.41) is 5.74. The Bertz CT molecular complexity index is 682. The molecule has 0 aliphatic carbocycles. The Balaban J connectivity index is 1.97. The molecular weight excluding hydrogens is 376 g/mol. The molecule has 6 heteroatoms. The summed E-state index contributed by atoms with van der Waals surface area (Å²) < 4.78 is 1.04. The van der Waals surface area contributed by atoms with Gasteiger partial charge in [0, 0.05) is 11.8 Å². The Labute approximate surface area is 148 Å². The lowest BCUT2D eigenvalue weighted by atomic mass is 10.0. The van der Waals surface area contributed by atoms with Crippen LogP contribution in [0.2, 0.25) is 0 Å². The number of amides is 2. The second-order valence-electron chi connectivity index (χ2n) is 5.35. The van der Waals surface area contributed by atoms with Crippen LogP contribution >= 0.6 is 27.3 Å². The van der Waals surface area contributed by atoms with Gasteiger partial charge in [-0.3, -0.25) is 9.59 Å². The predicted molar refractivity (Wildman–Crippen MR) is 96.2 cm³/mol. The van der Waals surface area contributed by atoms with E-state index in [0.717, 1.165) is 19.8 Å². The van der Waals surface area contributed by atoms with E-state index in [4.69, 9.17) is 0 Å². The maximum absolute atomic E-state index is 12.2. The minimum absolute atomic E-state index is 0.0890. The van der Waals surface area contributed by atoms with Gasteiger partial charge in [-0.05, 0) is 40.5 Å². The molecular formula is C17H19BrN2O2S. The van der Waals surface area contributed by atoms with Gasteiger partial charge in [0.25, 0.3) is 0 Å². The van der Waals surface area contributed by atoms with Gasteiger partial charge in [-0.1, -0.05) is 29.8 Å². The second-order valence-corrected chi connectivity index (χ2v) is 7.90.